The molecule has 0 fully saturated rings. The third-order valence-electron chi connectivity index (χ3n) is 11.1. The molecular formula is C61H36O8. The van der Waals surface area contributed by atoms with Gasteiger partial charge in [0.25, 0.3) is 0 Å². The van der Waals surface area contributed by atoms with Crippen LogP contribution in [-0.4, -0.2) is 23.9 Å². The van der Waals surface area contributed by atoms with Gasteiger partial charge in [-0.15, -0.1) is 25.7 Å². The molecular weight excluding hydrogens is 861 g/mol. The van der Waals surface area contributed by atoms with Crippen LogP contribution < -0.4 is 18.9 Å². The molecule has 0 unspecified atom stereocenters. The molecule has 8 rings (SSSR count). The average Bonchev–Trinajstić information content (AvgIpc) is 3.39. The van der Waals surface area contributed by atoms with Gasteiger partial charge in [-0.3, -0.25) is 0 Å². The van der Waals surface area contributed by atoms with E-state index in [0.717, 1.165) is 0 Å². The van der Waals surface area contributed by atoms with E-state index >= 15 is 0 Å². The van der Waals surface area contributed by atoms with E-state index in [9.17, 15) is 19.2 Å². The molecule has 0 aliphatic carbocycles. The summed E-state index contributed by atoms with van der Waals surface area (Å²) in [7, 11) is 0. The minimum Gasteiger partial charge on any atom is -0.423 e. The third kappa shape index (κ3) is 10.1. The van der Waals surface area contributed by atoms with Gasteiger partial charge in [0.2, 0.25) is 0 Å². The molecule has 0 saturated carbocycles. The van der Waals surface area contributed by atoms with Gasteiger partial charge in [-0.2, -0.15) is 0 Å². The molecule has 0 aliphatic heterocycles. The van der Waals surface area contributed by atoms with Crippen LogP contribution in [0.5, 0.6) is 23.0 Å². The van der Waals surface area contributed by atoms with Crippen molar-refractivity contribution in [1.82, 2.24) is 0 Å². The molecule has 0 bridgehead atoms. The van der Waals surface area contributed by atoms with E-state index in [2.05, 4.69) is 23.7 Å². The average molecular weight is 897 g/mol. The van der Waals surface area contributed by atoms with E-state index in [1.807, 2.05) is 0 Å². The van der Waals surface area contributed by atoms with Crippen LogP contribution in [0.3, 0.4) is 0 Å². The van der Waals surface area contributed by atoms with Crippen LogP contribution in [-0.2, 0) is 5.41 Å². The topological polar surface area (TPSA) is 105 Å². The van der Waals surface area contributed by atoms with E-state index in [1.54, 1.807) is 194 Å². The number of ether oxygens (including phenoxy) is 4. The van der Waals surface area contributed by atoms with Crippen molar-refractivity contribution in [2.45, 2.75) is 5.41 Å². The highest BCUT2D eigenvalue weighted by Gasteiger charge is 2.39. The quantitative estimate of drug-likeness (QED) is 0.0517. The van der Waals surface area contributed by atoms with Crippen molar-refractivity contribution in [2.75, 3.05) is 0 Å². The Labute approximate surface area is 399 Å². The highest BCUT2D eigenvalue weighted by molar-refractivity contribution is 5.93. The van der Waals surface area contributed by atoms with Crippen LogP contribution in [0, 0.1) is 49.4 Å². The number of carbonyl (C=O) groups is 4. The third-order valence-corrected chi connectivity index (χ3v) is 11.1. The predicted molar refractivity (Wildman–Crippen MR) is 262 cm³/mol. The van der Waals surface area contributed by atoms with E-state index in [-0.39, 0.29) is 45.3 Å². The number of carbonyl (C=O) groups excluding carboxylic acids is 4. The van der Waals surface area contributed by atoms with Crippen LogP contribution in [0.2, 0.25) is 0 Å². The largest absolute Gasteiger partial charge is 0.423 e. The van der Waals surface area contributed by atoms with Gasteiger partial charge in [-0.05, 0) is 144 Å². The van der Waals surface area contributed by atoms with Crippen molar-refractivity contribution in [3.63, 3.8) is 0 Å². The zero-order chi connectivity index (χ0) is 48.3. The molecule has 0 atom stereocenters. The number of esters is 4. The fourth-order valence-corrected chi connectivity index (χ4v) is 7.69. The second-order valence-electron chi connectivity index (χ2n) is 15.3. The van der Waals surface area contributed by atoms with Crippen molar-refractivity contribution >= 4 is 23.9 Å². The maximum atomic E-state index is 13.6. The molecule has 0 heterocycles. The number of hydrogen-bond donors (Lipinski definition) is 0. The van der Waals surface area contributed by atoms with Gasteiger partial charge in [0.1, 0.15) is 23.0 Å². The Kier molecular flexibility index (Phi) is 13.4. The first-order chi connectivity index (χ1) is 33.6. The summed E-state index contributed by atoms with van der Waals surface area (Å²) in [6.45, 7) is 0. The summed E-state index contributed by atoms with van der Waals surface area (Å²) in [5.74, 6) is 8.78. The van der Waals surface area contributed by atoms with Gasteiger partial charge < -0.3 is 18.9 Å². The summed E-state index contributed by atoms with van der Waals surface area (Å²) in [4.78, 5) is 54.2. The molecule has 8 nitrogen and oxygen atoms in total. The van der Waals surface area contributed by atoms with Gasteiger partial charge in [-0.25, -0.2) is 19.2 Å². The smallest absolute Gasteiger partial charge is 0.343 e. The maximum Gasteiger partial charge on any atom is 0.343 e. The lowest BCUT2D eigenvalue weighted by Gasteiger charge is -2.37. The fourth-order valence-electron chi connectivity index (χ4n) is 7.69. The molecule has 69 heavy (non-hydrogen) atoms. The Morgan fingerprint density at radius 1 is 0.304 bits per heavy atom. The van der Waals surface area contributed by atoms with Crippen molar-refractivity contribution < 1.29 is 38.1 Å². The lowest BCUT2D eigenvalue weighted by atomic mass is 9.65. The SMILES string of the molecule is C#Cc1cccc(OC(=O)c2ccc(C(c3ccc(C(=O)Oc4cccc(C#C)c4)cc3)(c3ccc(C(=O)Oc4cccc(C#C)c4)cc3)c3ccc(C(=O)Oc4cccc(C#C)c4)cc3)cc2)c1. The minimum absolute atomic E-state index is 0.241. The Morgan fingerprint density at radius 2 is 0.507 bits per heavy atom. The first-order valence-electron chi connectivity index (χ1n) is 21.2. The molecule has 0 aliphatic rings. The lowest BCUT2D eigenvalue weighted by molar-refractivity contribution is 0.0725. The molecule has 8 aromatic carbocycles. The highest BCUT2D eigenvalue weighted by atomic mass is 16.5. The summed E-state index contributed by atoms with van der Waals surface area (Å²) >= 11 is 0. The van der Waals surface area contributed by atoms with Gasteiger partial charge in [0.15, 0.2) is 0 Å². The number of hydrogen-bond acceptors (Lipinski definition) is 8. The van der Waals surface area contributed by atoms with Crippen molar-refractivity contribution in [3.8, 4) is 72.4 Å². The van der Waals surface area contributed by atoms with E-state index in [0.29, 0.717) is 44.5 Å². The molecule has 0 aromatic heterocycles. The van der Waals surface area contributed by atoms with Gasteiger partial charge in [-0.1, -0.05) is 96.5 Å². The van der Waals surface area contributed by atoms with Gasteiger partial charge in [0.05, 0.1) is 27.7 Å². The van der Waals surface area contributed by atoms with Crippen LogP contribution in [0.4, 0.5) is 0 Å². The Morgan fingerprint density at radius 3 is 0.696 bits per heavy atom. The molecule has 0 amide bonds. The van der Waals surface area contributed by atoms with E-state index < -0.39 is 29.3 Å². The summed E-state index contributed by atoms with van der Waals surface area (Å²) < 4.78 is 22.8. The standard InChI is InChI=1S/C61H36O8/c1-5-41-13-9-17-53(37-41)66-57(62)45-21-29-49(30-22-45)61(50-31-23-46(24-32-50)58(63)67-54-18-10-14-42(6-2)38-54,51-33-25-47(26-34-51)59(64)68-55-19-11-15-43(7-3)39-55)52-35-27-48(28-36-52)60(65)69-56-20-12-16-44(8-4)40-56/h1-4,9-40H. The number of terminal acetylenes is 4. The zero-order valence-corrected chi connectivity index (χ0v) is 36.6. The molecule has 8 heteroatoms. The molecule has 8 aromatic rings. The summed E-state index contributed by atoms with van der Waals surface area (Å²) in [6, 6.07) is 54.0. The van der Waals surface area contributed by atoms with Crippen LogP contribution in [0.25, 0.3) is 0 Å². The summed E-state index contributed by atoms with van der Waals surface area (Å²) in [6.07, 6.45) is 22.3. The number of benzene rings is 8. The maximum absolute atomic E-state index is 13.6. The zero-order valence-electron chi connectivity index (χ0n) is 36.6. The lowest BCUT2D eigenvalue weighted by Crippen LogP contribution is -2.31. The van der Waals surface area contributed by atoms with E-state index in [4.69, 9.17) is 44.6 Å². The van der Waals surface area contributed by atoms with Gasteiger partial charge in [0, 0.05) is 22.3 Å². The van der Waals surface area contributed by atoms with E-state index in [1.165, 1.54) is 0 Å². The normalized spacial score (nSPS) is 10.5. The van der Waals surface area contributed by atoms with Crippen molar-refractivity contribution in [1.29, 1.82) is 0 Å². The van der Waals surface area contributed by atoms with Crippen LogP contribution in [0.1, 0.15) is 85.9 Å². The molecule has 0 spiro atoms. The van der Waals surface area contributed by atoms with Crippen LogP contribution in [0.15, 0.2) is 194 Å². The highest BCUT2D eigenvalue weighted by Crippen LogP contribution is 2.46. The van der Waals surface area contributed by atoms with Gasteiger partial charge >= 0.3 is 23.9 Å². The monoisotopic (exact) mass is 896 g/mol. The Hall–Kier alpha value is -10.1. The predicted octanol–water partition coefficient (Wildman–Crippen LogP) is 10.9. The Balaban J connectivity index is 1.24. The second kappa shape index (κ2) is 20.4. The second-order valence-corrected chi connectivity index (χ2v) is 15.3. The minimum atomic E-state index is -1.26. The summed E-state index contributed by atoms with van der Waals surface area (Å²) in [5, 5.41) is 0. The Bertz CT molecular complexity index is 2960. The fraction of sp³-hybridized carbons (Fsp3) is 0.0164. The molecule has 328 valence electrons. The first-order valence-corrected chi connectivity index (χ1v) is 21.2. The molecule has 0 saturated heterocycles. The van der Waals surface area contributed by atoms with Crippen molar-refractivity contribution in [2.24, 2.45) is 0 Å². The summed E-state index contributed by atoms with van der Waals surface area (Å²) in [5.41, 5.74) is 4.50. The molecule has 0 radical (unpaired) electrons. The molecule has 0 N–H and O–H groups in total. The number of rotatable bonds is 12. The first kappa shape index (κ1) is 45.4. The van der Waals surface area contributed by atoms with Crippen LogP contribution >= 0.6 is 0 Å². The van der Waals surface area contributed by atoms with Crippen molar-refractivity contribution in [3.05, 3.63) is 261 Å².